The Balaban J connectivity index is 1.29. The van der Waals surface area contributed by atoms with Gasteiger partial charge >= 0.3 is 5.97 Å². The molecule has 0 saturated carbocycles. The molecule has 0 aromatic heterocycles. The Bertz CT molecular complexity index is 945. The average Bonchev–Trinajstić information content (AvgIpc) is 2.79. The lowest BCUT2D eigenvalue weighted by Gasteiger charge is -2.37. The molecule has 2 aromatic carbocycles. The van der Waals surface area contributed by atoms with E-state index < -0.39 is 5.97 Å². The smallest absolute Gasteiger partial charge is 0.338 e. The molecule has 1 aliphatic heterocycles. The van der Waals surface area contributed by atoms with E-state index in [1.165, 1.54) is 34.4 Å². The number of fused-ring (bicyclic) bond motifs is 1. The summed E-state index contributed by atoms with van der Waals surface area (Å²) in [4.78, 5) is 29.1. The van der Waals surface area contributed by atoms with Gasteiger partial charge in [0.15, 0.2) is 6.61 Å². The summed E-state index contributed by atoms with van der Waals surface area (Å²) in [5.41, 5.74) is 6.92. The van der Waals surface area contributed by atoms with E-state index in [1.54, 1.807) is 4.90 Å². The Morgan fingerprint density at radius 2 is 1.67 bits per heavy atom. The first kappa shape index (κ1) is 20.5. The quantitative estimate of drug-likeness (QED) is 0.727. The van der Waals surface area contributed by atoms with Crippen LogP contribution >= 0.6 is 0 Å². The minimum absolute atomic E-state index is 0.123. The Morgan fingerprint density at radius 1 is 0.933 bits per heavy atom. The number of carbonyl (C=O) groups is 2. The van der Waals surface area contributed by atoms with Crippen molar-refractivity contribution in [1.29, 1.82) is 0 Å². The first-order chi connectivity index (χ1) is 14.5. The van der Waals surface area contributed by atoms with Gasteiger partial charge in [-0.15, -0.1) is 0 Å². The minimum atomic E-state index is -0.411. The van der Waals surface area contributed by atoms with Crippen molar-refractivity contribution in [1.82, 2.24) is 4.90 Å². The second kappa shape index (κ2) is 8.90. The normalized spacial score (nSPS) is 16.2. The summed E-state index contributed by atoms with van der Waals surface area (Å²) in [6, 6.07) is 12.1. The van der Waals surface area contributed by atoms with Crippen molar-refractivity contribution in [3.8, 4) is 0 Å². The fraction of sp³-hybridized carbons (Fsp3) is 0.440. The topological polar surface area (TPSA) is 49.9 Å². The number of aryl methyl sites for hydroxylation is 3. The summed E-state index contributed by atoms with van der Waals surface area (Å²) in [6.45, 7) is 6.92. The minimum Gasteiger partial charge on any atom is -0.452 e. The average molecular weight is 407 g/mol. The molecule has 0 spiro atoms. The summed E-state index contributed by atoms with van der Waals surface area (Å²) >= 11 is 0. The summed E-state index contributed by atoms with van der Waals surface area (Å²) in [7, 11) is 0. The molecule has 1 fully saturated rings. The monoisotopic (exact) mass is 406 g/mol. The number of amides is 1. The molecule has 1 amide bonds. The van der Waals surface area contributed by atoms with Gasteiger partial charge in [0.05, 0.1) is 5.56 Å². The molecule has 30 heavy (non-hydrogen) atoms. The molecule has 0 atom stereocenters. The third kappa shape index (κ3) is 4.35. The number of rotatable bonds is 4. The summed E-state index contributed by atoms with van der Waals surface area (Å²) in [5, 5.41) is 0. The Hall–Kier alpha value is -2.82. The number of carbonyl (C=O) groups excluding carboxylic acids is 2. The summed E-state index contributed by atoms with van der Waals surface area (Å²) in [6.07, 6.45) is 4.47. The van der Waals surface area contributed by atoms with Crippen LogP contribution in [-0.4, -0.2) is 49.6 Å². The SMILES string of the molecule is Cc1cccc(N2CCN(C(=O)COC(=O)c3ccc4c(c3)CCCC4)CC2)c1C. The lowest BCUT2D eigenvalue weighted by atomic mass is 9.90. The number of benzene rings is 2. The van der Waals surface area contributed by atoms with Gasteiger partial charge in [0.1, 0.15) is 0 Å². The number of nitrogens with zero attached hydrogens (tertiary/aromatic N) is 2. The van der Waals surface area contributed by atoms with Crippen molar-refractivity contribution in [2.24, 2.45) is 0 Å². The predicted molar refractivity (Wildman–Crippen MR) is 118 cm³/mol. The zero-order valence-corrected chi connectivity index (χ0v) is 17.9. The van der Waals surface area contributed by atoms with Gasteiger partial charge in [-0.1, -0.05) is 18.2 Å². The van der Waals surface area contributed by atoms with Crippen LogP contribution in [0, 0.1) is 13.8 Å². The highest BCUT2D eigenvalue weighted by Crippen LogP contribution is 2.24. The first-order valence-corrected chi connectivity index (χ1v) is 10.9. The van der Waals surface area contributed by atoms with Gasteiger partial charge in [0, 0.05) is 31.9 Å². The molecule has 158 valence electrons. The van der Waals surface area contributed by atoms with E-state index in [0.29, 0.717) is 18.7 Å². The standard InChI is InChI=1S/C25H30N2O3/c1-18-6-5-9-23(19(18)2)26-12-14-27(15-13-26)24(28)17-30-25(29)22-11-10-20-7-3-4-8-21(20)16-22/h5-6,9-11,16H,3-4,7-8,12-15,17H2,1-2H3. The van der Waals surface area contributed by atoms with E-state index in [2.05, 4.69) is 36.9 Å². The highest BCUT2D eigenvalue weighted by atomic mass is 16.5. The van der Waals surface area contributed by atoms with Crippen molar-refractivity contribution in [2.45, 2.75) is 39.5 Å². The number of hydrogen-bond donors (Lipinski definition) is 0. The number of piperazine rings is 1. The van der Waals surface area contributed by atoms with Crippen LogP contribution < -0.4 is 4.90 Å². The van der Waals surface area contributed by atoms with Crippen LogP contribution in [0.2, 0.25) is 0 Å². The molecule has 2 aliphatic rings. The van der Waals surface area contributed by atoms with Gasteiger partial charge in [-0.3, -0.25) is 4.79 Å². The van der Waals surface area contributed by atoms with E-state index in [1.807, 2.05) is 18.2 Å². The number of anilines is 1. The Labute approximate surface area is 178 Å². The van der Waals surface area contributed by atoms with Crippen molar-refractivity contribution < 1.29 is 14.3 Å². The van der Waals surface area contributed by atoms with Crippen LogP contribution in [0.3, 0.4) is 0 Å². The van der Waals surface area contributed by atoms with Gasteiger partial charge in [-0.2, -0.15) is 0 Å². The zero-order chi connectivity index (χ0) is 21.1. The molecule has 1 saturated heterocycles. The third-order valence-corrected chi connectivity index (χ3v) is 6.46. The molecular weight excluding hydrogens is 376 g/mol. The highest BCUT2D eigenvalue weighted by Gasteiger charge is 2.23. The molecule has 0 radical (unpaired) electrons. The molecule has 0 N–H and O–H groups in total. The Kier molecular flexibility index (Phi) is 6.07. The molecular formula is C25H30N2O3. The fourth-order valence-electron chi connectivity index (χ4n) is 4.44. The van der Waals surface area contributed by atoms with Gasteiger partial charge in [-0.25, -0.2) is 4.79 Å². The third-order valence-electron chi connectivity index (χ3n) is 6.46. The number of esters is 1. The molecule has 0 unspecified atom stereocenters. The predicted octanol–water partition coefficient (Wildman–Crippen LogP) is 3.69. The second-order valence-electron chi connectivity index (χ2n) is 8.35. The van der Waals surface area contributed by atoms with Crippen LogP contribution in [-0.2, 0) is 22.4 Å². The van der Waals surface area contributed by atoms with Crippen LogP contribution in [0.15, 0.2) is 36.4 Å². The van der Waals surface area contributed by atoms with Gasteiger partial charge in [0.2, 0.25) is 0 Å². The lowest BCUT2D eigenvalue weighted by Crippen LogP contribution is -2.50. The van der Waals surface area contributed by atoms with Gasteiger partial charge in [0.25, 0.3) is 5.91 Å². The van der Waals surface area contributed by atoms with E-state index in [0.717, 1.165) is 32.4 Å². The van der Waals surface area contributed by atoms with Crippen molar-refractivity contribution in [2.75, 3.05) is 37.7 Å². The van der Waals surface area contributed by atoms with Crippen LogP contribution in [0.25, 0.3) is 0 Å². The van der Waals surface area contributed by atoms with Crippen LogP contribution in [0.1, 0.15) is 45.5 Å². The van der Waals surface area contributed by atoms with Crippen molar-refractivity contribution >= 4 is 17.6 Å². The number of hydrogen-bond acceptors (Lipinski definition) is 4. The van der Waals surface area contributed by atoms with E-state index in [4.69, 9.17) is 4.74 Å². The molecule has 1 aliphatic carbocycles. The molecule has 0 bridgehead atoms. The molecule has 4 rings (SSSR count). The second-order valence-corrected chi connectivity index (χ2v) is 8.35. The van der Waals surface area contributed by atoms with E-state index >= 15 is 0 Å². The number of ether oxygens (including phenoxy) is 1. The maximum atomic E-state index is 12.6. The highest BCUT2D eigenvalue weighted by molar-refractivity contribution is 5.91. The largest absolute Gasteiger partial charge is 0.452 e. The first-order valence-electron chi connectivity index (χ1n) is 10.9. The van der Waals surface area contributed by atoms with Gasteiger partial charge < -0.3 is 14.5 Å². The van der Waals surface area contributed by atoms with Crippen molar-refractivity contribution in [3.63, 3.8) is 0 Å². The lowest BCUT2D eigenvalue weighted by molar-refractivity contribution is -0.134. The molecule has 5 nitrogen and oxygen atoms in total. The zero-order valence-electron chi connectivity index (χ0n) is 17.9. The maximum Gasteiger partial charge on any atom is 0.338 e. The fourth-order valence-corrected chi connectivity index (χ4v) is 4.44. The van der Waals surface area contributed by atoms with Crippen LogP contribution in [0.5, 0.6) is 0 Å². The van der Waals surface area contributed by atoms with E-state index in [-0.39, 0.29) is 12.5 Å². The summed E-state index contributed by atoms with van der Waals surface area (Å²) in [5.74, 6) is -0.535. The maximum absolute atomic E-state index is 12.6. The van der Waals surface area contributed by atoms with Gasteiger partial charge in [-0.05, 0) is 80.0 Å². The summed E-state index contributed by atoms with van der Waals surface area (Å²) < 4.78 is 5.34. The molecule has 1 heterocycles. The Morgan fingerprint density at radius 3 is 2.43 bits per heavy atom. The van der Waals surface area contributed by atoms with Crippen LogP contribution in [0.4, 0.5) is 5.69 Å². The van der Waals surface area contributed by atoms with Crippen molar-refractivity contribution in [3.05, 3.63) is 64.2 Å². The van der Waals surface area contributed by atoms with E-state index in [9.17, 15) is 9.59 Å². The molecule has 2 aromatic rings. The molecule has 5 heteroatoms.